The first kappa shape index (κ1) is 15.1. The number of benzene rings is 1. The summed E-state index contributed by atoms with van der Waals surface area (Å²) in [6.45, 7) is 1.09. The monoisotopic (exact) mass is 317 g/mol. The van der Waals surface area contributed by atoms with Gasteiger partial charge in [0.05, 0.1) is 23.8 Å². The van der Waals surface area contributed by atoms with Crippen molar-refractivity contribution in [3.05, 3.63) is 48.4 Å². The summed E-state index contributed by atoms with van der Waals surface area (Å²) in [6.07, 6.45) is 6.56. The van der Waals surface area contributed by atoms with Gasteiger partial charge in [0.1, 0.15) is 0 Å². The van der Waals surface area contributed by atoms with Gasteiger partial charge >= 0.3 is 0 Å². The Labute approximate surface area is 131 Å². The zero-order valence-electron chi connectivity index (χ0n) is 12.5. The smallest absolute Gasteiger partial charge is 0.211 e. The van der Waals surface area contributed by atoms with Crippen LogP contribution in [0, 0.1) is 0 Å². The van der Waals surface area contributed by atoms with Crippen LogP contribution in [0.15, 0.2) is 42.7 Å². The van der Waals surface area contributed by atoms with Gasteiger partial charge in [-0.05, 0) is 12.8 Å². The molecule has 1 fully saturated rings. The van der Waals surface area contributed by atoms with Crippen molar-refractivity contribution >= 4 is 10.0 Å². The first-order chi connectivity index (χ1) is 10.5. The molecule has 0 radical (unpaired) electrons. The van der Waals surface area contributed by atoms with Crippen LogP contribution in [0.25, 0.3) is 11.3 Å². The molecule has 0 aliphatic carbocycles. The average Bonchev–Trinajstić information content (AvgIpc) is 2.55. The van der Waals surface area contributed by atoms with Gasteiger partial charge in [-0.25, -0.2) is 17.7 Å². The first-order valence-electron chi connectivity index (χ1n) is 7.36. The van der Waals surface area contributed by atoms with Crippen LogP contribution in [-0.4, -0.2) is 42.0 Å². The highest BCUT2D eigenvalue weighted by molar-refractivity contribution is 7.88. The summed E-state index contributed by atoms with van der Waals surface area (Å²) in [7, 11) is -3.14. The van der Waals surface area contributed by atoms with E-state index in [0.717, 1.165) is 29.8 Å². The molecule has 1 aliphatic rings. The molecule has 22 heavy (non-hydrogen) atoms. The Kier molecular flexibility index (Phi) is 4.22. The Morgan fingerprint density at radius 1 is 1.18 bits per heavy atom. The van der Waals surface area contributed by atoms with Crippen molar-refractivity contribution in [2.45, 2.75) is 18.8 Å². The van der Waals surface area contributed by atoms with E-state index in [1.165, 1.54) is 10.6 Å². The summed E-state index contributed by atoms with van der Waals surface area (Å²) in [4.78, 5) is 8.99. The molecule has 1 saturated heterocycles. The van der Waals surface area contributed by atoms with Crippen molar-refractivity contribution in [2.24, 2.45) is 0 Å². The fraction of sp³-hybridized carbons (Fsp3) is 0.375. The maximum Gasteiger partial charge on any atom is 0.211 e. The summed E-state index contributed by atoms with van der Waals surface area (Å²) in [5, 5.41) is 0. The predicted octanol–water partition coefficient (Wildman–Crippen LogP) is 2.28. The molecule has 0 unspecified atom stereocenters. The molecule has 0 amide bonds. The van der Waals surface area contributed by atoms with Gasteiger partial charge in [0.25, 0.3) is 0 Å². The molecule has 0 saturated carbocycles. The zero-order valence-corrected chi connectivity index (χ0v) is 13.3. The molecule has 3 rings (SSSR count). The Morgan fingerprint density at radius 2 is 1.95 bits per heavy atom. The van der Waals surface area contributed by atoms with Crippen molar-refractivity contribution in [1.82, 2.24) is 14.3 Å². The third-order valence-electron chi connectivity index (χ3n) is 3.99. The molecule has 5 nitrogen and oxygen atoms in total. The van der Waals surface area contributed by atoms with Crippen molar-refractivity contribution < 1.29 is 8.42 Å². The lowest BCUT2D eigenvalue weighted by Gasteiger charge is -2.30. The third-order valence-corrected chi connectivity index (χ3v) is 5.26. The molecule has 2 aromatic rings. The Morgan fingerprint density at radius 3 is 2.68 bits per heavy atom. The van der Waals surface area contributed by atoms with Gasteiger partial charge in [-0.2, -0.15) is 0 Å². The molecule has 1 aliphatic heterocycles. The molecular weight excluding hydrogens is 298 g/mol. The molecule has 116 valence electrons. The predicted molar refractivity (Wildman–Crippen MR) is 85.9 cm³/mol. The van der Waals surface area contributed by atoms with E-state index >= 15 is 0 Å². The molecule has 1 aromatic heterocycles. The minimum atomic E-state index is -3.14. The lowest BCUT2D eigenvalue weighted by Crippen LogP contribution is -2.38. The molecule has 2 heterocycles. The van der Waals surface area contributed by atoms with Crippen molar-refractivity contribution in [3.8, 4) is 11.3 Å². The Balaban J connectivity index is 1.86. The fourth-order valence-electron chi connectivity index (χ4n) is 2.81. The fourth-order valence-corrected chi connectivity index (χ4v) is 3.72. The Bertz CT molecular complexity index is 747. The molecular formula is C16H19N3O2S. The van der Waals surface area contributed by atoms with E-state index in [2.05, 4.69) is 4.98 Å². The van der Waals surface area contributed by atoms with Gasteiger partial charge in [0.15, 0.2) is 0 Å². The molecule has 0 N–H and O–H groups in total. The minimum absolute atomic E-state index is 0.111. The molecule has 1 aromatic carbocycles. The molecule has 0 bridgehead atoms. The highest BCUT2D eigenvalue weighted by Gasteiger charge is 2.27. The largest absolute Gasteiger partial charge is 0.261 e. The van der Waals surface area contributed by atoms with Crippen molar-refractivity contribution in [2.75, 3.05) is 19.3 Å². The van der Waals surface area contributed by atoms with E-state index in [9.17, 15) is 8.42 Å². The van der Waals surface area contributed by atoms with Gasteiger partial charge in [-0.15, -0.1) is 0 Å². The summed E-state index contributed by atoms with van der Waals surface area (Å²) >= 11 is 0. The number of rotatable bonds is 3. The van der Waals surface area contributed by atoms with Crippen LogP contribution in [0.4, 0.5) is 0 Å². The second-order valence-electron chi connectivity index (χ2n) is 5.66. The van der Waals surface area contributed by atoms with Gasteiger partial charge in [-0.3, -0.25) is 4.98 Å². The SMILES string of the molecule is CS(=O)(=O)N1CCC[C@@H](c2cncc(-c3ccccc3)n2)C1. The van der Waals surface area contributed by atoms with Crippen LogP contribution >= 0.6 is 0 Å². The van der Waals surface area contributed by atoms with Gasteiger partial charge < -0.3 is 0 Å². The van der Waals surface area contributed by atoms with Crippen LogP contribution in [0.1, 0.15) is 24.5 Å². The van der Waals surface area contributed by atoms with Crippen molar-refractivity contribution in [1.29, 1.82) is 0 Å². The number of hydrogen-bond donors (Lipinski definition) is 0. The highest BCUT2D eigenvalue weighted by atomic mass is 32.2. The van der Waals surface area contributed by atoms with Crippen LogP contribution in [0.5, 0.6) is 0 Å². The zero-order chi connectivity index (χ0) is 15.6. The van der Waals surface area contributed by atoms with Crippen molar-refractivity contribution in [3.63, 3.8) is 0 Å². The average molecular weight is 317 g/mol. The molecule has 6 heteroatoms. The first-order valence-corrected chi connectivity index (χ1v) is 9.21. The number of piperidine rings is 1. The molecule has 0 spiro atoms. The summed E-state index contributed by atoms with van der Waals surface area (Å²) in [5.41, 5.74) is 2.72. The Hall–Kier alpha value is -1.79. The van der Waals surface area contributed by atoms with Crippen LogP contribution in [0.3, 0.4) is 0 Å². The van der Waals surface area contributed by atoms with E-state index < -0.39 is 10.0 Å². The highest BCUT2D eigenvalue weighted by Crippen LogP contribution is 2.27. The summed E-state index contributed by atoms with van der Waals surface area (Å²) in [5.74, 6) is 0.111. The number of nitrogens with zero attached hydrogens (tertiary/aromatic N) is 3. The quantitative estimate of drug-likeness (QED) is 0.871. The number of sulfonamides is 1. The van der Waals surface area contributed by atoms with E-state index in [1.807, 2.05) is 30.3 Å². The summed E-state index contributed by atoms with van der Waals surface area (Å²) < 4.78 is 25.0. The normalized spacial score (nSPS) is 20.0. The van der Waals surface area contributed by atoms with E-state index in [4.69, 9.17) is 4.98 Å². The maximum absolute atomic E-state index is 11.7. The standard InChI is InChI=1S/C16H19N3O2S/c1-22(20,21)19-9-5-8-14(12-19)16-11-17-10-15(18-16)13-6-3-2-4-7-13/h2-4,6-7,10-11,14H,5,8-9,12H2,1H3/t14-/m1/s1. The van der Waals surface area contributed by atoms with Crippen LogP contribution in [-0.2, 0) is 10.0 Å². The van der Waals surface area contributed by atoms with E-state index in [-0.39, 0.29) is 5.92 Å². The topological polar surface area (TPSA) is 63.2 Å². The lowest BCUT2D eigenvalue weighted by atomic mass is 9.96. The second kappa shape index (κ2) is 6.14. The lowest BCUT2D eigenvalue weighted by molar-refractivity contribution is 0.314. The van der Waals surface area contributed by atoms with E-state index in [1.54, 1.807) is 12.4 Å². The molecule has 1 atom stereocenters. The minimum Gasteiger partial charge on any atom is -0.261 e. The number of aromatic nitrogens is 2. The number of hydrogen-bond acceptors (Lipinski definition) is 4. The van der Waals surface area contributed by atoms with Gasteiger partial charge in [0.2, 0.25) is 10.0 Å². The van der Waals surface area contributed by atoms with Crippen LogP contribution < -0.4 is 0 Å². The summed E-state index contributed by atoms with van der Waals surface area (Å²) in [6, 6.07) is 9.90. The van der Waals surface area contributed by atoms with E-state index in [0.29, 0.717) is 13.1 Å². The van der Waals surface area contributed by atoms with Gasteiger partial charge in [0, 0.05) is 30.8 Å². The second-order valence-corrected chi connectivity index (χ2v) is 7.64. The van der Waals surface area contributed by atoms with Crippen LogP contribution in [0.2, 0.25) is 0 Å². The maximum atomic E-state index is 11.7. The third kappa shape index (κ3) is 3.34. The van der Waals surface area contributed by atoms with Gasteiger partial charge in [-0.1, -0.05) is 30.3 Å².